The van der Waals surface area contributed by atoms with Crippen LogP contribution in [0.5, 0.6) is 0 Å². The SMILES string of the molecule is CCCN(CCNC)CCS(=O)(=O)CC. The van der Waals surface area contributed by atoms with Crippen molar-refractivity contribution in [2.45, 2.75) is 20.3 Å². The number of nitrogens with one attached hydrogen (secondary N) is 1. The first-order valence-corrected chi connectivity index (χ1v) is 7.45. The zero-order valence-corrected chi connectivity index (χ0v) is 10.9. The largest absolute Gasteiger partial charge is 0.318 e. The van der Waals surface area contributed by atoms with Gasteiger partial charge < -0.3 is 10.2 Å². The maximum Gasteiger partial charge on any atom is 0.151 e. The van der Waals surface area contributed by atoms with Gasteiger partial charge in [-0.05, 0) is 20.0 Å². The lowest BCUT2D eigenvalue weighted by Gasteiger charge is -2.21. The fourth-order valence-corrected chi connectivity index (χ4v) is 2.16. The van der Waals surface area contributed by atoms with Crippen molar-refractivity contribution in [3.05, 3.63) is 0 Å². The van der Waals surface area contributed by atoms with Crippen LogP contribution in [0.15, 0.2) is 0 Å². The number of hydrogen-bond acceptors (Lipinski definition) is 4. The van der Waals surface area contributed by atoms with Crippen LogP contribution >= 0.6 is 0 Å². The molecule has 0 radical (unpaired) electrons. The molecule has 0 aromatic rings. The standard InChI is InChI=1S/C10H24N2O2S/c1-4-7-12(8-6-11-3)9-10-15(13,14)5-2/h11H,4-10H2,1-3H3. The summed E-state index contributed by atoms with van der Waals surface area (Å²) in [6.07, 6.45) is 1.07. The summed E-state index contributed by atoms with van der Waals surface area (Å²) in [7, 11) is -0.910. The third-order valence-corrected chi connectivity index (χ3v) is 4.06. The highest BCUT2D eigenvalue weighted by atomic mass is 32.2. The molecule has 0 spiro atoms. The Hall–Kier alpha value is -0.130. The molecule has 0 heterocycles. The highest BCUT2D eigenvalue weighted by Crippen LogP contribution is 1.95. The monoisotopic (exact) mass is 236 g/mol. The molecule has 0 saturated heterocycles. The molecule has 0 saturated carbocycles. The number of sulfone groups is 1. The van der Waals surface area contributed by atoms with E-state index in [1.807, 2.05) is 7.05 Å². The lowest BCUT2D eigenvalue weighted by Crippen LogP contribution is -2.35. The van der Waals surface area contributed by atoms with Gasteiger partial charge in [0.1, 0.15) is 0 Å². The maximum atomic E-state index is 11.3. The van der Waals surface area contributed by atoms with Crippen LogP contribution in [0, 0.1) is 0 Å². The molecule has 0 amide bonds. The molecule has 0 aromatic carbocycles. The average Bonchev–Trinajstić information content (AvgIpc) is 2.22. The van der Waals surface area contributed by atoms with Gasteiger partial charge in [-0.1, -0.05) is 13.8 Å². The zero-order chi connectivity index (χ0) is 11.7. The van der Waals surface area contributed by atoms with E-state index >= 15 is 0 Å². The van der Waals surface area contributed by atoms with Gasteiger partial charge >= 0.3 is 0 Å². The van der Waals surface area contributed by atoms with Crippen molar-refractivity contribution in [1.82, 2.24) is 10.2 Å². The molecule has 0 aliphatic heterocycles. The van der Waals surface area contributed by atoms with Gasteiger partial charge in [-0.15, -0.1) is 0 Å². The van der Waals surface area contributed by atoms with E-state index in [2.05, 4.69) is 17.1 Å². The van der Waals surface area contributed by atoms with Crippen LogP contribution in [0.2, 0.25) is 0 Å². The normalized spacial score (nSPS) is 12.3. The molecule has 92 valence electrons. The second-order valence-corrected chi connectivity index (χ2v) is 6.15. The van der Waals surface area contributed by atoms with Crippen molar-refractivity contribution in [3.63, 3.8) is 0 Å². The summed E-state index contributed by atoms with van der Waals surface area (Å²) in [5.41, 5.74) is 0. The molecule has 15 heavy (non-hydrogen) atoms. The third-order valence-electron chi connectivity index (χ3n) is 2.38. The summed E-state index contributed by atoms with van der Waals surface area (Å²) in [5, 5.41) is 3.08. The maximum absolute atomic E-state index is 11.3. The van der Waals surface area contributed by atoms with Gasteiger partial charge in [0.2, 0.25) is 0 Å². The highest BCUT2D eigenvalue weighted by Gasteiger charge is 2.10. The van der Waals surface area contributed by atoms with Gasteiger partial charge in [0.15, 0.2) is 9.84 Å². The smallest absolute Gasteiger partial charge is 0.151 e. The molecule has 0 rings (SSSR count). The third kappa shape index (κ3) is 7.76. The van der Waals surface area contributed by atoms with Crippen LogP contribution in [0.1, 0.15) is 20.3 Å². The lowest BCUT2D eigenvalue weighted by molar-refractivity contribution is 0.291. The Kier molecular flexibility index (Phi) is 8.00. The lowest BCUT2D eigenvalue weighted by atomic mass is 10.4. The van der Waals surface area contributed by atoms with E-state index in [1.165, 1.54) is 0 Å². The minimum absolute atomic E-state index is 0.249. The Morgan fingerprint density at radius 1 is 1.13 bits per heavy atom. The second kappa shape index (κ2) is 8.07. The topological polar surface area (TPSA) is 49.4 Å². The Balaban J connectivity index is 3.94. The number of hydrogen-bond donors (Lipinski definition) is 1. The van der Waals surface area contributed by atoms with Gasteiger partial charge in [0, 0.05) is 25.4 Å². The Morgan fingerprint density at radius 3 is 2.27 bits per heavy atom. The Labute approximate surface area is 94.0 Å². The average molecular weight is 236 g/mol. The minimum Gasteiger partial charge on any atom is -0.318 e. The fourth-order valence-electron chi connectivity index (χ4n) is 1.33. The first kappa shape index (κ1) is 14.9. The van der Waals surface area contributed by atoms with Crippen molar-refractivity contribution >= 4 is 9.84 Å². The molecule has 0 bridgehead atoms. The van der Waals surface area contributed by atoms with Crippen LogP contribution in [-0.4, -0.2) is 58.1 Å². The van der Waals surface area contributed by atoms with Gasteiger partial charge in [0.25, 0.3) is 0 Å². The summed E-state index contributed by atoms with van der Waals surface area (Å²) >= 11 is 0. The predicted octanol–water partition coefficient (Wildman–Crippen LogP) is 0.353. The van der Waals surface area contributed by atoms with Crippen molar-refractivity contribution in [1.29, 1.82) is 0 Å². The molecule has 0 aromatic heterocycles. The van der Waals surface area contributed by atoms with Crippen molar-refractivity contribution in [3.8, 4) is 0 Å². The van der Waals surface area contributed by atoms with E-state index in [1.54, 1.807) is 6.92 Å². The van der Waals surface area contributed by atoms with Crippen LogP contribution in [-0.2, 0) is 9.84 Å². The van der Waals surface area contributed by atoms with E-state index in [0.717, 1.165) is 26.1 Å². The van der Waals surface area contributed by atoms with Crippen LogP contribution in [0.4, 0.5) is 0 Å². The zero-order valence-electron chi connectivity index (χ0n) is 10.1. The first-order valence-electron chi connectivity index (χ1n) is 5.63. The van der Waals surface area contributed by atoms with Crippen LogP contribution in [0.3, 0.4) is 0 Å². The number of nitrogens with zero attached hydrogens (tertiary/aromatic N) is 1. The van der Waals surface area contributed by atoms with Gasteiger partial charge in [-0.3, -0.25) is 0 Å². The van der Waals surface area contributed by atoms with E-state index in [4.69, 9.17) is 0 Å². The molecule has 0 aliphatic rings. The van der Waals surface area contributed by atoms with E-state index in [9.17, 15) is 8.42 Å². The molecule has 0 atom stereocenters. The second-order valence-electron chi connectivity index (χ2n) is 3.68. The quantitative estimate of drug-likeness (QED) is 0.628. The summed E-state index contributed by atoms with van der Waals surface area (Å²) in [6, 6.07) is 0. The van der Waals surface area contributed by atoms with Gasteiger partial charge in [-0.25, -0.2) is 8.42 Å². The molecule has 0 aliphatic carbocycles. The van der Waals surface area contributed by atoms with Crippen molar-refractivity contribution in [2.75, 3.05) is 44.7 Å². The van der Waals surface area contributed by atoms with Gasteiger partial charge in [0.05, 0.1) is 5.75 Å². The molecular weight excluding hydrogens is 212 g/mol. The first-order chi connectivity index (χ1) is 7.05. The molecular formula is C10H24N2O2S. The van der Waals surface area contributed by atoms with Crippen molar-refractivity contribution in [2.24, 2.45) is 0 Å². The molecule has 4 nitrogen and oxygen atoms in total. The molecule has 5 heteroatoms. The predicted molar refractivity (Wildman–Crippen MR) is 65.0 cm³/mol. The van der Waals surface area contributed by atoms with E-state index in [0.29, 0.717) is 6.54 Å². The van der Waals surface area contributed by atoms with Gasteiger partial charge in [-0.2, -0.15) is 0 Å². The minimum atomic E-state index is -2.82. The highest BCUT2D eigenvalue weighted by molar-refractivity contribution is 7.91. The van der Waals surface area contributed by atoms with Crippen LogP contribution in [0.25, 0.3) is 0 Å². The molecule has 0 unspecified atom stereocenters. The molecule has 0 fully saturated rings. The van der Waals surface area contributed by atoms with E-state index in [-0.39, 0.29) is 11.5 Å². The van der Waals surface area contributed by atoms with Crippen molar-refractivity contribution < 1.29 is 8.42 Å². The van der Waals surface area contributed by atoms with Crippen LogP contribution < -0.4 is 5.32 Å². The summed E-state index contributed by atoms with van der Waals surface area (Å²) in [4.78, 5) is 2.20. The summed E-state index contributed by atoms with van der Waals surface area (Å²) < 4.78 is 22.7. The Morgan fingerprint density at radius 2 is 1.80 bits per heavy atom. The summed E-state index contributed by atoms with van der Waals surface area (Å²) in [5.74, 6) is 0.534. The Bertz CT molecular complexity index is 240. The van der Waals surface area contributed by atoms with E-state index < -0.39 is 9.84 Å². The number of likely N-dealkylation sites (N-methyl/N-ethyl adjacent to an activating group) is 1. The molecule has 1 N–H and O–H groups in total. The number of rotatable bonds is 9. The fraction of sp³-hybridized carbons (Fsp3) is 1.00. The summed E-state index contributed by atoms with van der Waals surface area (Å²) in [6.45, 7) is 7.27.